The van der Waals surface area contributed by atoms with Crippen molar-refractivity contribution in [1.82, 2.24) is 4.90 Å². The summed E-state index contributed by atoms with van der Waals surface area (Å²) in [4.78, 5) is 17.6. The highest BCUT2D eigenvalue weighted by Gasteiger charge is 2.26. The first-order valence-electron chi connectivity index (χ1n) is 6.25. The zero-order valence-electron chi connectivity index (χ0n) is 10.9. The van der Waals surface area contributed by atoms with Gasteiger partial charge in [0.05, 0.1) is 23.2 Å². The van der Waals surface area contributed by atoms with Gasteiger partial charge in [-0.25, -0.2) is 0 Å². The van der Waals surface area contributed by atoms with Gasteiger partial charge in [-0.2, -0.15) is 5.26 Å². The number of amidine groups is 1. The molecule has 21 heavy (non-hydrogen) atoms. The summed E-state index contributed by atoms with van der Waals surface area (Å²) in [6.07, 6.45) is 3.41. The minimum Gasteiger partial charge on any atom is -0.318 e. The summed E-state index contributed by atoms with van der Waals surface area (Å²) < 4.78 is 0. The largest absolute Gasteiger partial charge is 0.318 e. The molecule has 0 aliphatic carbocycles. The molecule has 0 saturated carbocycles. The van der Waals surface area contributed by atoms with Crippen LogP contribution in [0.2, 0.25) is 0 Å². The lowest BCUT2D eigenvalue weighted by molar-refractivity contribution is -0.384. The monoisotopic (exact) mass is 298 g/mol. The molecular weight excluding hydrogens is 288 g/mol. The smallest absolute Gasteiger partial charge is 0.269 e. The van der Waals surface area contributed by atoms with Gasteiger partial charge in [0.25, 0.3) is 5.69 Å². The number of nitro benzene ring substituents is 1. The van der Waals surface area contributed by atoms with E-state index < -0.39 is 4.92 Å². The molecule has 104 valence electrons. The Kier molecular flexibility index (Phi) is 3.46. The molecule has 6 nitrogen and oxygen atoms in total. The van der Waals surface area contributed by atoms with Crippen LogP contribution in [0.3, 0.4) is 0 Å². The topological polar surface area (TPSA) is 82.5 Å². The van der Waals surface area contributed by atoms with E-state index in [0.717, 1.165) is 27.9 Å². The van der Waals surface area contributed by atoms with Crippen molar-refractivity contribution < 1.29 is 4.92 Å². The number of allylic oxidation sites excluding steroid dienone is 2. The molecule has 0 aromatic heterocycles. The molecule has 0 spiro atoms. The Morgan fingerprint density at radius 1 is 1.43 bits per heavy atom. The summed E-state index contributed by atoms with van der Waals surface area (Å²) in [6.45, 7) is 1.49. The van der Waals surface area contributed by atoms with Crippen LogP contribution in [0.5, 0.6) is 0 Å². The Morgan fingerprint density at radius 2 is 2.19 bits per heavy atom. The number of thioether (sulfide) groups is 1. The van der Waals surface area contributed by atoms with E-state index in [9.17, 15) is 10.1 Å². The number of hydrogen-bond acceptors (Lipinski definition) is 6. The lowest BCUT2D eigenvalue weighted by Gasteiger charge is -2.26. The summed E-state index contributed by atoms with van der Waals surface area (Å²) in [7, 11) is 0. The summed E-state index contributed by atoms with van der Waals surface area (Å²) >= 11 is 1.52. The first kappa shape index (κ1) is 13.4. The maximum Gasteiger partial charge on any atom is 0.269 e. The van der Waals surface area contributed by atoms with Gasteiger partial charge in [-0.1, -0.05) is 11.8 Å². The maximum absolute atomic E-state index is 10.7. The molecule has 0 radical (unpaired) electrons. The van der Waals surface area contributed by atoms with Gasteiger partial charge in [-0.15, -0.1) is 0 Å². The number of nitro groups is 1. The minimum absolute atomic E-state index is 0.0628. The highest BCUT2D eigenvalue weighted by molar-refractivity contribution is 8.21. The molecule has 3 rings (SSSR count). The van der Waals surface area contributed by atoms with Crippen molar-refractivity contribution in [2.24, 2.45) is 4.99 Å². The number of nitrogens with zero attached hydrogens (tertiary/aromatic N) is 4. The van der Waals surface area contributed by atoms with E-state index in [2.05, 4.69) is 4.99 Å². The standard InChI is InChI=1S/C14H10N4O2S/c15-6-5-12-9-13(21-14-16-7-8-17(12)14)10-1-3-11(4-2-10)18(19)20/h1-5,9H,7-8H2/b12-5+. The van der Waals surface area contributed by atoms with Crippen molar-refractivity contribution in [2.75, 3.05) is 13.1 Å². The normalized spacial score (nSPS) is 18.8. The average molecular weight is 298 g/mol. The van der Waals surface area contributed by atoms with E-state index in [0.29, 0.717) is 6.54 Å². The Bertz CT molecular complexity index is 728. The third kappa shape index (κ3) is 2.53. The van der Waals surface area contributed by atoms with E-state index in [1.54, 1.807) is 12.1 Å². The molecule has 0 saturated heterocycles. The number of nitriles is 1. The molecule has 2 heterocycles. The second-order valence-electron chi connectivity index (χ2n) is 4.43. The van der Waals surface area contributed by atoms with Gasteiger partial charge in [-0.3, -0.25) is 15.1 Å². The molecule has 1 aromatic carbocycles. The Balaban J connectivity index is 1.98. The zero-order chi connectivity index (χ0) is 14.8. The summed E-state index contributed by atoms with van der Waals surface area (Å²) in [5.41, 5.74) is 1.75. The molecule has 7 heteroatoms. The van der Waals surface area contributed by atoms with E-state index >= 15 is 0 Å². The van der Waals surface area contributed by atoms with Gasteiger partial charge in [0.15, 0.2) is 5.17 Å². The van der Waals surface area contributed by atoms with Crippen LogP contribution in [-0.4, -0.2) is 28.1 Å². The van der Waals surface area contributed by atoms with Crippen LogP contribution in [0, 0.1) is 21.4 Å². The van der Waals surface area contributed by atoms with Crippen LogP contribution in [0.15, 0.2) is 47.1 Å². The highest BCUT2D eigenvalue weighted by atomic mass is 32.2. The van der Waals surface area contributed by atoms with Crippen molar-refractivity contribution in [3.63, 3.8) is 0 Å². The molecule has 0 bridgehead atoms. The maximum atomic E-state index is 10.7. The second-order valence-corrected chi connectivity index (χ2v) is 5.44. The first-order valence-corrected chi connectivity index (χ1v) is 7.07. The van der Waals surface area contributed by atoms with Crippen LogP contribution in [0.25, 0.3) is 4.91 Å². The van der Waals surface area contributed by atoms with Crippen LogP contribution in [0.1, 0.15) is 5.56 Å². The average Bonchev–Trinajstić information content (AvgIpc) is 2.96. The molecule has 0 atom stereocenters. The lowest BCUT2D eigenvalue weighted by Crippen LogP contribution is -2.26. The van der Waals surface area contributed by atoms with Crippen LogP contribution in [0.4, 0.5) is 5.69 Å². The van der Waals surface area contributed by atoms with Crippen molar-refractivity contribution in [1.29, 1.82) is 5.26 Å². The number of fused-ring (bicyclic) bond motifs is 1. The van der Waals surface area contributed by atoms with Crippen molar-refractivity contribution >= 4 is 27.5 Å². The van der Waals surface area contributed by atoms with E-state index in [4.69, 9.17) is 5.26 Å². The number of non-ortho nitro benzene ring substituents is 1. The first-order chi connectivity index (χ1) is 10.2. The fourth-order valence-corrected chi connectivity index (χ4v) is 3.26. The van der Waals surface area contributed by atoms with Crippen LogP contribution >= 0.6 is 11.8 Å². The molecule has 2 aliphatic rings. The fraction of sp³-hybridized carbons (Fsp3) is 0.143. The van der Waals surface area contributed by atoms with Gasteiger partial charge < -0.3 is 4.90 Å². The second kappa shape index (κ2) is 5.42. The zero-order valence-corrected chi connectivity index (χ0v) is 11.7. The third-order valence-corrected chi connectivity index (χ3v) is 4.27. The number of rotatable bonds is 2. The SMILES string of the molecule is N#C/C=C1\C=C(c2ccc([N+](=O)[O-])cc2)SC2=NCCN21. The van der Waals surface area contributed by atoms with E-state index in [-0.39, 0.29) is 5.69 Å². The molecule has 0 N–H and O–H groups in total. The Labute approximate surface area is 125 Å². The van der Waals surface area contributed by atoms with Crippen molar-refractivity contribution in [3.8, 4) is 6.07 Å². The fourth-order valence-electron chi connectivity index (χ4n) is 2.17. The summed E-state index contributed by atoms with van der Waals surface area (Å²) in [5, 5.41) is 20.4. The molecular formula is C14H10N4O2S. The third-order valence-electron chi connectivity index (χ3n) is 3.17. The van der Waals surface area contributed by atoms with Gasteiger partial charge >= 0.3 is 0 Å². The van der Waals surface area contributed by atoms with Gasteiger partial charge in [0, 0.05) is 29.7 Å². The predicted molar refractivity (Wildman–Crippen MR) is 81.4 cm³/mol. The lowest BCUT2D eigenvalue weighted by atomic mass is 10.1. The molecule has 0 unspecified atom stereocenters. The number of hydrogen-bond donors (Lipinski definition) is 0. The van der Waals surface area contributed by atoms with Crippen LogP contribution < -0.4 is 0 Å². The van der Waals surface area contributed by atoms with E-state index in [1.807, 2.05) is 17.0 Å². The predicted octanol–water partition coefficient (Wildman–Crippen LogP) is 2.76. The minimum atomic E-state index is -0.421. The quantitative estimate of drug-likeness (QED) is 0.476. The molecule has 1 aromatic rings. The number of benzene rings is 1. The highest BCUT2D eigenvalue weighted by Crippen LogP contribution is 2.38. The summed E-state index contributed by atoms with van der Waals surface area (Å²) in [5.74, 6) is 0. The van der Waals surface area contributed by atoms with Crippen LogP contribution in [-0.2, 0) is 0 Å². The van der Waals surface area contributed by atoms with Gasteiger partial charge in [-0.05, 0) is 23.8 Å². The van der Waals surface area contributed by atoms with Crippen molar-refractivity contribution in [3.05, 3.63) is 57.8 Å². The van der Waals surface area contributed by atoms with Crippen molar-refractivity contribution in [2.45, 2.75) is 0 Å². The Morgan fingerprint density at radius 3 is 2.86 bits per heavy atom. The molecule has 0 fully saturated rings. The Hall–Kier alpha value is -2.59. The summed E-state index contributed by atoms with van der Waals surface area (Å²) in [6, 6.07) is 8.43. The van der Waals surface area contributed by atoms with Gasteiger partial charge in [0.1, 0.15) is 0 Å². The van der Waals surface area contributed by atoms with Gasteiger partial charge in [0.2, 0.25) is 0 Å². The number of aliphatic imine (C=N–C) groups is 1. The molecule has 0 amide bonds. The van der Waals surface area contributed by atoms with E-state index in [1.165, 1.54) is 30.0 Å². The molecule has 2 aliphatic heterocycles.